The average Bonchev–Trinajstić information content (AvgIpc) is 3.13. The summed E-state index contributed by atoms with van der Waals surface area (Å²) in [5, 5.41) is 16.0. The number of amides is 3. The minimum atomic E-state index is -0.208. The molecule has 2 aliphatic carbocycles. The van der Waals surface area contributed by atoms with E-state index in [0.29, 0.717) is 6.54 Å². The van der Waals surface area contributed by atoms with Crippen molar-refractivity contribution in [3.05, 3.63) is 35.9 Å². The van der Waals surface area contributed by atoms with E-state index in [2.05, 4.69) is 10.6 Å². The zero-order valence-electron chi connectivity index (χ0n) is 16.3. The molecule has 1 aliphatic heterocycles. The summed E-state index contributed by atoms with van der Waals surface area (Å²) in [4.78, 5) is 27.2. The highest BCUT2D eigenvalue weighted by Gasteiger charge is 2.52. The number of hydrogen-bond acceptors (Lipinski definition) is 3. The minimum absolute atomic E-state index is 0.0435. The van der Waals surface area contributed by atoms with Crippen LogP contribution in [0.25, 0.3) is 0 Å². The molecule has 3 N–H and O–H groups in total. The molecule has 1 heterocycles. The van der Waals surface area contributed by atoms with Crippen LogP contribution in [0.15, 0.2) is 30.3 Å². The fourth-order valence-electron chi connectivity index (χ4n) is 4.99. The van der Waals surface area contributed by atoms with Gasteiger partial charge in [0.2, 0.25) is 5.91 Å². The second kappa shape index (κ2) is 8.52. The number of benzene rings is 1. The van der Waals surface area contributed by atoms with Gasteiger partial charge < -0.3 is 20.6 Å². The first-order valence-electron chi connectivity index (χ1n) is 10.7. The van der Waals surface area contributed by atoms with E-state index < -0.39 is 0 Å². The van der Waals surface area contributed by atoms with Gasteiger partial charge in [-0.15, -0.1) is 0 Å². The van der Waals surface area contributed by atoms with E-state index in [0.717, 1.165) is 37.7 Å². The van der Waals surface area contributed by atoms with Crippen LogP contribution in [0, 0.1) is 5.92 Å². The van der Waals surface area contributed by atoms with Crippen molar-refractivity contribution in [1.29, 1.82) is 0 Å². The van der Waals surface area contributed by atoms with E-state index in [4.69, 9.17) is 0 Å². The standard InChI is InChI=1S/C22H31N3O3/c26-14-19-20(15-7-2-1-3-8-15)18(25(19)21(27)16-9-6-10-16)13-23-22(28)24-17-11-4-5-12-17/h1-3,7-8,16-20,26H,4-6,9-14H2,(H2,23,24,28)/t18-,19+,20+/m1/s1. The molecule has 0 radical (unpaired) electrons. The van der Waals surface area contributed by atoms with Crippen molar-refractivity contribution in [1.82, 2.24) is 15.5 Å². The van der Waals surface area contributed by atoms with Gasteiger partial charge in [0.25, 0.3) is 0 Å². The number of nitrogens with one attached hydrogen (secondary N) is 2. The second-order valence-electron chi connectivity index (χ2n) is 8.46. The summed E-state index contributed by atoms with van der Waals surface area (Å²) >= 11 is 0. The van der Waals surface area contributed by atoms with Gasteiger partial charge in [-0.1, -0.05) is 49.6 Å². The molecule has 0 spiro atoms. The first kappa shape index (κ1) is 19.2. The molecule has 1 aromatic rings. The third-order valence-corrected chi connectivity index (χ3v) is 6.79. The lowest BCUT2D eigenvalue weighted by molar-refractivity contribution is -0.157. The molecular weight excluding hydrogens is 354 g/mol. The molecule has 3 fully saturated rings. The van der Waals surface area contributed by atoms with Crippen LogP contribution in [-0.4, -0.2) is 53.2 Å². The van der Waals surface area contributed by atoms with Crippen molar-refractivity contribution >= 4 is 11.9 Å². The van der Waals surface area contributed by atoms with Gasteiger partial charge in [0.15, 0.2) is 0 Å². The van der Waals surface area contributed by atoms with Crippen molar-refractivity contribution < 1.29 is 14.7 Å². The Morgan fingerprint density at radius 1 is 1.00 bits per heavy atom. The highest BCUT2D eigenvalue weighted by atomic mass is 16.3. The Labute approximate surface area is 166 Å². The van der Waals surface area contributed by atoms with Crippen LogP contribution in [-0.2, 0) is 4.79 Å². The SMILES string of the molecule is O=C(NC[C@@H]1[C@H](c2ccccc2)[C@H](CO)N1C(=O)C1CCC1)NC1CCCC1. The smallest absolute Gasteiger partial charge is 0.315 e. The van der Waals surface area contributed by atoms with Crippen LogP contribution in [0.1, 0.15) is 56.4 Å². The van der Waals surface area contributed by atoms with Gasteiger partial charge in [0.1, 0.15) is 0 Å². The van der Waals surface area contributed by atoms with Crippen molar-refractivity contribution in [2.24, 2.45) is 5.92 Å². The summed E-state index contributed by atoms with van der Waals surface area (Å²) in [7, 11) is 0. The van der Waals surface area contributed by atoms with Crippen LogP contribution in [0.4, 0.5) is 4.79 Å². The van der Waals surface area contributed by atoms with Gasteiger partial charge >= 0.3 is 6.03 Å². The lowest BCUT2D eigenvalue weighted by atomic mass is 9.72. The lowest BCUT2D eigenvalue weighted by Crippen LogP contribution is -2.70. The Kier molecular flexibility index (Phi) is 5.85. The number of urea groups is 1. The summed E-state index contributed by atoms with van der Waals surface area (Å²) in [6, 6.07) is 9.83. The van der Waals surface area contributed by atoms with E-state index in [9.17, 15) is 14.7 Å². The second-order valence-corrected chi connectivity index (χ2v) is 8.46. The van der Waals surface area contributed by atoms with Gasteiger partial charge in [0, 0.05) is 24.4 Å². The number of carbonyl (C=O) groups excluding carboxylic acids is 2. The maximum absolute atomic E-state index is 13.0. The van der Waals surface area contributed by atoms with Gasteiger partial charge in [0.05, 0.1) is 18.7 Å². The Hall–Kier alpha value is -2.08. The van der Waals surface area contributed by atoms with E-state index in [-0.39, 0.29) is 48.5 Å². The number of rotatable bonds is 6. The van der Waals surface area contributed by atoms with Crippen molar-refractivity contribution in [3.63, 3.8) is 0 Å². The monoisotopic (exact) mass is 385 g/mol. The highest BCUT2D eigenvalue weighted by molar-refractivity contribution is 5.82. The summed E-state index contributed by atoms with van der Waals surface area (Å²) in [5.41, 5.74) is 1.11. The maximum Gasteiger partial charge on any atom is 0.315 e. The molecule has 1 saturated heterocycles. The molecule has 28 heavy (non-hydrogen) atoms. The number of likely N-dealkylation sites (tertiary alicyclic amines) is 1. The molecule has 3 atom stereocenters. The van der Waals surface area contributed by atoms with Crippen LogP contribution in [0.3, 0.4) is 0 Å². The van der Waals surface area contributed by atoms with Crippen LogP contribution in [0.5, 0.6) is 0 Å². The van der Waals surface area contributed by atoms with Crippen molar-refractivity contribution in [2.45, 2.75) is 69.0 Å². The molecular formula is C22H31N3O3. The summed E-state index contributed by atoms with van der Waals surface area (Å²) < 4.78 is 0. The van der Waals surface area contributed by atoms with Crippen molar-refractivity contribution in [2.75, 3.05) is 13.2 Å². The van der Waals surface area contributed by atoms with Gasteiger partial charge in [-0.05, 0) is 31.2 Å². The molecule has 0 bridgehead atoms. The fraction of sp³-hybridized carbons (Fsp3) is 0.636. The highest BCUT2D eigenvalue weighted by Crippen LogP contribution is 2.43. The Morgan fingerprint density at radius 2 is 1.71 bits per heavy atom. The normalized spacial score (nSPS) is 27.8. The number of hydrogen-bond donors (Lipinski definition) is 3. The minimum Gasteiger partial charge on any atom is -0.394 e. The van der Waals surface area contributed by atoms with Crippen molar-refractivity contribution in [3.8, 4) is 0 Å². The van der Waals surface area contributed by atoms with E-state index in [1.54, 1.807) is 0 Å². The molecule has 1 aromatic carbocycles. The summed E-state index contributed by atoms with van der Waals surface area (Å²) in [6.45, 7) is 0.357. The van der Waals surface area contributed by atoms with E-state index in [1.807, 2.05) is 35.2 Å². The number of nitrogens with zero attached hydrogens (tertiary/aromatic N) is 1. The van der Waals surface area contributed by atoms with Gasteiger partial charge in [-0.25, -0.2) is 4.79 Å². The third-order valence-electron chi connectivity index (χ3n) is 6.79. The predicted octanol–water partition coefficient (Wildman–Crippen LogP) is 2.38. The maximum atomic E-state index is 13.0. The summed E-state index contributed by atoms with van der Waals surface area (Å²) in [6.07, 6.45) is 7.40. The molecule has 0 aromatic heterocycles. The first-order chi connectivity index (χ1) is 13.7. The van der Waals surface area contributed by atoms with Gasteiger partial charge in [-0.2, -0.15) is 0 Å². The molecule has 0 unspecified atom stereocenters. The fourth-order valence-corrected chi connectivity index (χ4v) is 4.99. The van der Waals surface area contributed by atoms with Gasteiger partial charge in [-0.3, -0.25) is 4.79 Å². The Morgan fingerprint density at radius 3 is 2.32 bits per heavy atom. The quantitative estimate of drug-likeness (QED) is 0.703. The largest absolute Gasteiger partial charge is 0.394 e. The number of aliphatic hydroxyl groups excluding tert-OH is 1. The zero-order valence-corrected chi connectivity index (χ0v) is 16.3. The molecule has 3 aliphatic rings. The zero-order chi connectivity index (χ0) is 19.5. The molecule has 152 valence electrons. The van der Waals surface area contributed by atoms with Crippen LogP contribution < -0.4 is 10.6 Å². The first-order valence-corrected chi connectivity index (χ1v) is 10.7. The molecule has 6 heteroatoms. The van der Waals surface area contributed by atoms with Crippen LogP contribution >= 0.6 is 0 Å². The summed E-state index contributed by atoms with van der Waals surface area (Å²) in [5.74, 6) is 0.267. The van der Waals surface area contributed by atoms with Crippen LogP contribution in [0.2, 0.25) is 0 Å². The average molecular weight is 386 g/mol. The number of aliphatic hydroxyl groups is 1. The topological polar surface area (TPSA) is 81.7 Å². The third kappa shape index (κ3) is 3.75. The Bertz CT molecular complexity index is 686. The predicted molar refractivity (Wildman–Crippen MR) is 107 cm³/mol. The molecule has 3 amide bonds. The molecule has 4 rings (SSSR count). The molecule has 6 nitrogen and oxygen atoms in total. The molecule has 2 saturated carbocycles. The Balaban J connectivity index is 1.45. The van der Waals surface area contributed by atoms with E-state index in [1.165, 1.54) is 12.8 Å². The lowest BCUT2D eigenvalue weighted by Gasteiger charge is -2.56. The van der Waals surface area contributed by atoms with E-state index >= 15 is 0 Å². The number of carbonyl (C=O) groups is 2.